The number of aromatic nitrogens is 1. The maximum Gasteiger partial charge on any atom is 0.142 e. The number of hydrogen-bond acceptors (Lipinski definition) is 2. The summed E-state index contributed by atoms with van der Waals surface area (Å²) in [5, 5.41) is 0. The molecule has 0 aromatic carbocycles. The highest BCUT2D eigenvalue weighted by atomic mass is 79.9. The number of rotatable bonds is 2. The Labute approximate surface area is 73.1 Å². The number of allylic oxidation sites excluding steroid dienone is 1. The van der Waals surface area contributed by atoms with Crippen LogP contribution in [0.2, 0.25) is 0 Å². The molecular weight excluding hydrogens is 206 g/mol. The van der Waals surface area contributed by atoms with Crippen molar-refractivity contribution >= 4 is 28.3 Å². The average molecular weight is 212 g/mol. The van der Waals surface area contributed by atoms with E-state index in [1.807, 2.05) is 12.1 Å². The van der Waals surface area contributed by atoms with E-state index in [9.17, 15) is 4.79 Å². The minimum atomic E-state index is 0.744. The van der Waals surface area contributed by atoms with Crippen LogP contribution in [0.4, 0.5) is 0 Å². The average Bonchev–Trinajstić information content (AvgIpc) is 2.01. The summed E-state index contributed by atoms with van der Waals surface area (Å²) < 4.78 is 0.769. The first-order valence-corrected chi connectivity index (χ1v) is 3.85. The molecule has 1 heterocycles. The molecule has 0 atom stereocenters. The van der Waals surface area contributed by atoms with E-state index >= 15 is 0 Å². The second-order valence-corrected chi connectivity index (χ2v) is 2.72. The van der Waals surface area contributed by atoms with Crippen LogP contribution >= 0.6 is 15.9 Å². The monoisotopic (exact) mass is 211 g/mol. The molecule has 0 aliphatic carbocycles. The van der Waals surface area contributed by atoms with Gasteiger partial charge in [-0.05, 0) is 39.7 Å². The lowest BCUT2D eigenvalue weighted by atomic mass is 10.2. The highest BCUT2D eigenvalue weighted by Crippen LogP contribution is 2.08. The van der Waals surface area contributed by atoms with E-state index in [1.54, 1.807) is 12.3 Å². The van der Waals surface area contributed by atoms with Crippen LogP contribution in [0.1, 0.15) is 5.56 Å². The molecule has 0 N–H and O–H groups in total. The van der Waals surface area contributed by atoms with Gasteiger partial charge < -0.3 is 0 Å². The van der Waals surface area contributed by atoms with Crippen molar-refractivity contribution < 1.29 is 4.79 Å². The number of carbonyl (C=O) groups excluding carboxylic acids is 1. The van der Waals surface area contributed by atoms with Crippen molar-refractivity contribution in [3.8, 4) is 0 Å². The molecular formula is C8H6BrNO. The lowest BCUT2D eigenvalue weighted by Gasteiger charge is -1.90. The predicted octanol–water partition coefficient (Wildman–Crippen LogP) is 2.06. The van der Waals surface area contributed by atoms with Gasteiger partial charge in [-0.15, -0.1) is 0 Å². The third-order valence-electron chi connectivity index (χ3n) is 1.12. The predicted molar refractivity (Wildman–Crippen MR) is 47.0 cm³/mol. The number of carbonyl (C=O) groups is 1. The van der Waals surface area contributed by atoms with Crippen LogP contribution in [-0.4, -0.2) is 11.3 Å². The van der Waals surface area contributed by atoms with Gasteiger partial charge in [0.25, 0.3) is 0 Å². The maximum absolute atomic E-state index is 9.95. The van der Waals surface area contributed by atoms with Gasteiger partial charge in [-0.25, -0.2) is 4.98 Å². The molecule has 1 rings (SSSR count). The summed E-state index contributed by atoms with van der Waals surface area (Å²) in [6, 6.07) is 3.66. The Hall–Kier alpha value is -0.960. The van der Waals surface area contributed by atoms with E-state index in [0.717, 1.165) is 16.5 Å². The van der Waals surface area contributed by atoms with Gasteiger partial charge in [0.05, 0.1) is 0 Å². The molecule has 0 bridgehead atoms. The Morgan fingerprint density at radius 3 is 3.00 bits per heavy atom. The standard InChI is InChI=1S/C8H6BrNO/c9-8-6-7(2-1-5-11)3-4-10-8/h1-6H. The van der Waals surface area contributed by atoms with E-state index in [2.05, 4.69) is 20.9 Å². The summed E-state index contributed by atoms with van der Waals surface area (Å²) in [6.07, 6.45) is 5.59. The smallest absolute Gasteiger partial charge is 0.142 e. The molecule has 0 radical (unpaired) electrons. The molecule has 0 saturated carbocycles. The van der Waals surface area contributed by atoms with Gasteiger partial charge in [-0.3, -0.25) is 4.79 Å². The van der Waals surface area contributed by atoms with Crippen molar-refractivity contribution in [2.75, 3.05) is 0 Å². The van der Waals surface area contributed by atoms with Crippen LogP contribution in [0.3, 0.4) is 0 Å². The van der Waals surface area contributed by atoms with Crippen LogP contribution in [0.5, 0.6) is 0 Å². The van der Waals surface area contributed by atoms with Crippen molar-refractivity contribution in [1.82, 2.24) is 4.98 Å². The van der Waals surface area contributed by atoms with Crippen LogP contribution in [-0.2, 0) is 4.79 Å². The summed E-state index contributed by atoms with van der Waals surface area (Å²) >= 11 is 3.22. The van der Waals surface area contributed by atoms with Crippen LogP contribution in [0.25, 0.3) is 6.08 Å². The first-order chi connectivity index (χ1) is 5.33. The lowest BCUT2D eigenvalue weighted by molar-refractivity contribution is -0.104. The van der Waals surface area contributed by atoms with Crippen LogP contribution in [0.15, 0.2) is 29.0 Å². The second-order valence-electron chi connectivity index (χ2n) is 1.91. The topological polar surface area (TPSA) is 30.0 Å². The Morgan fingerprint density at radius 2 is 2.36 bits per heavy atom. The zero-order valence-corrected chi connectivity index (χ0v) is 7.28. The fourth-order valence-corrected chi connectivity index (χ4v) is 1.05. The van der Waals surface area contributed by atoms with E-state index in [1.165, 1.54) is 6.08 Å². The van der Waals surface area contributed by atoms with E-state index in [-0.39, 0.29) is 0 Å². The number of hydrogen-bond donors (Lipinski definition) is 0. The Balaban J connectivity index is 2.87. The van der Waals surface area contributed by atoms with Crippen LogP contribution in [0, 0.1) is 0 Å². The molecule has 3 heteroatoms. The molecule has 0 aliphatic rings. The molecule has 2 nitrogen and oxygen atoms in total. The number of pyridine rings is 1. The molecule has 0 aliphatic heterocycles. The SMILES string of the molecule is O=CC=Cc1ccnc(Br)c1. The molecule has 1 aromatic rings. The third-order valence-corrected chi connectivity index (χ3v) is 1.55. The highest BCUT2D eigenvalue weighted by molar-refractivity contribution is 9.10. The normalized spacial score (nSPS) is 10.3. The lowest BCUT2D eigenvalue weighted by Crippen LogP contribution is -1.76. The first kappa shape index (κ1) is 8.14. The summed E-state index contributed by atoms with van der Waals surface area (Å²) in [6.45, 7) is 0. The third kappa shape index (κ3) is 2.63. The van der Waals surface area contributed by atoms with Crippen molar-refractivity contribution in [3.05, 3.63) is 34.6 Å². The summed E-state index contributed by atoms with van der Waals surface area (Å²) in [5.41, 5.74) is 0.957. The molecule has 11 heavy (non-hydrogen) atoms. The van der Waals surface area contributed by atoms with Crippen molar-refractivity contribution in [2.45, 2.75) is 0 Å². The van der Waals surface area contributed by atoms with Gasteiger partial charge >= 0.3 is 0 Å². The van der Waals surface area contributed by atoms with Gasteiger partial charge in [0.15, 0.2) is 0 Å². The van der Waals surface area contributed by atoms with Gasteiger partial charge in [0.1, 0.15) is 10.9 Å². The van der Waals surface area contributed by atoms with Crippen molar-refractivity contribution in [3.63, 3.8) is 0 Å². The minimum Gasteiger partial charge on any atom is -0.299 e. The van der Waals surface area contributed by atoms with Gasteiger partial charge in [-0.2, -0.15) is 0 Å². The zero-order valence-electron chi connectivity index (χ0n) is 5.70. The van der Waals surface area contributed by atoms with Gasteiger partial charge in [0, 0.05) is 6.20 Å². The second kappa shape index (κ2) is 4.03. The van der Waals surface area contributed by atoms with E-state index in [4.69, 9.17) is 0 Å². The maximum atomic E-state index is 9.95. The molecule has 0 amide bonds. The zero-order chi connectivity index (χ0) is 8.10. The molecule has 0 saturated heterocycles. The molecule has 0 unspecified atom stereocenters. The Kier molecular flexibility index (Phi) is 2.98. The summed E-state index contributed by atoms with van der Waals surface area (Å²) in [4.78, 5) is 13.9. The number of nitrogens with zero attached hydrogens (tertiary/aromatic N) is 1. The number of halogens is 1. The molecule has 0 fully saturated rings. The summed E-state index contributed by atoms with van der Waals surface area (Å²) in [7, 11) is 0. The quantitative estimate of drug-likeness (QED) is 0.426. The van der Waals surface area contributed by atoms with Gasteiger partial charge in [-0.1, -0.05) is 6.08 Å². The molecule has 0 spiro atoms. The molecule has 56 valence electrons. The Morgan fingerprint density at radius 1 is 1.55 bits per heavy atom. The van der Waals surface area contributed by atoms with E-state index < -0.39 is 0 Å². The highest BCUT2D eigenvalue weighted by Gasteiger charge is 1.87. The number of aldehydes is 1. The largest absolute Gasteiger partial charge is 0.299 e. The van der Waals surface area contributed by atoms with Crippen LogP contribution < -0.4 is 0 Å². The molecule has 1 aromatic heterocycles. The minimum absolute atomic E-state index is 0.744. The fourth-order valence-electron chi connectivity index (χ4n) is 0.672. The van der Waals surface area contributed by atoms with Gasteiger partial charge in [0.2, 0.25) is 0 Å². The first-order valence-electron chi connectivity index (χ1n) is 3.06. The van der Waals surface area contributed by atoms with Crippen molar-refractivity contribution in [2.24, 2.45) is 0 Å². The van der Waals surface area contributed by atoms with Crippen molar-refractivity contribution in [1.29, 1.82) is 0 Å². The van der Waals surface area contributed by atoms with E-state index in [0.29, 0.717) is 0 Å². The summed E-state index contributed by atoms with van der Waals surface area (Å²) in [5.74, 6) is 0. The Bertz CT molecular complexity index is 283. The fraction of sp³-hybridized carbons (Fsp3) is 0.